The van der Waals surface area contributed by atoms with Gasteiger partial charge >= 0.3 is 0 Å². The minimum Gasteiger partial charge on any atom is -0.316 e. The van der Waals surface area contributed by atoms with Gasteiger partial charge in [0.25, 0.3) is 0 Å². The summed E-state index contributed by atoms with van der Waals surface area (Å²) in [5, 5.41) is 3.26. The molecule has 4 heteroatoms. The van der Waals surface area contributed by atoms with E-state index in [2.05, 4.69) is 10.3 Å². The molecule has 2 aromatic rings. The quantitative estimate of drug-likeness (QED) is 0.837. The van der Waals surface area contributed by atoms with E-state index in [0.29, 0.717) is 12.2 Å². The lowest BCUT2D eigenvalue weighted by Crippen LogP contribution is -2.38. The molecule has 0 saturated carbocycles. The second-order valence-corrected chi connectivity index (χ2v) is 4.52. The van der Waals surface area contributed by atoms with Crippen LogP contribution < -0.4 is 5.32 Å². The lowest BCUT2D eigenvalue weighted by atomic mass is 9.93. The van der Waals surface area contributed by atoms with Crippen molar-refractivity contribution in [2.45, 2.75) is 12.8 Å². The molecule has 4 nitrogen and oxygen atoms in total. The van der Waals surface area contributed by atoms with Crippen molar-refractivity contribution < 1.29 is 4.79 Å². The maximum atomic E-state index is 11.7. The van der Waals surface area contributed by atoms with Gasteiger partial charge < -0.3 is 9.72 Å². The summed E-state index contributed by atoms with van der Waals surface area (Å²) >= 11 is 0. The topological polar surface area (TPSA) is 46.4 Å². The monoisotopic (exact) mass is 229 g/mol. The van der Waals surface area contributed by atoms with E-state index < -0.39 is 0 Å². The number of Topliss-reactive ketones (excluding diaryl/α,β-unsaturated/α-hetero) is 1. The summed E-state index contributed by atoms with van der Waals surface area (Å²) in [4.78, 5) is 16.3. The third kappa shape index (κ3) is 2.08. The number of carbonyl (C=O) groups excluding carboxylic acids is 1. The van der Waals surface area contributed by atoms with Crippen molar-refractivity contribution in [1.82, 2.24) is 14.7 Å². The first kappa shape index (κ1) is 10.5. The number of nitrogens with zero attached hydrogens (tertiary/aromatic N) is 2. The Morgan fingerprint density at radius 1 is 1.47 bits per heavy atom. The molecule has 17 heavy (non-hydrogen) atoms. The molecule has 0 radical (unpaired) electrons. The first-order valence-electron chi connectivity index (χ1n) is 5.99. The number of pyridine rings is 1. The van der Waals surface area contributed by atoms with E-state index in [1.54, 1.807) is 0 Å². The van der Waals surface area contributed by atoms with Gasteiger partial charge in [0, 0.05) is 44.2 Å². The maximum absolute atomic E-state index is 11.7. The van der Waals surface area contributed by atoms with Gasteiger partial charge in [-0.15, -0.1) is 0 Å². The van der Waals surface area contributed by atoms with Crippen LogP contribution in [0.15, 0.2) is 30.6 Å². The third-order valence-electron chi connectivity index (χ3n) is 3.26. The zero-order valence-corrected chi connectivity index (χ0v) is 9.60. The van der Waals surface area contributed by atoms with Crippen LogP contribution in [-0.4, -0.2) is 28.3 Å². The minimum absolute atomic E-state index is 0.0914. The Bertz CT molecular complexity index is 513. The number of rotatable bonds is 2. The first-order chi connectivity index (χ1) is 8.33. The summed E-state index contributed by atoms with van der Waals surface area (Å²) < 4.78 is 2.00. The van der Waals surface area contributed by atoms with E-state index in [-0.39, 0.29) is 5.92 Å². The number of piperidine rings is 1. The van der Waals surface area contributed by atoms with E-state index >= 15 is 0 Å². The van der Waals surface area contributed by atoms with Crippen LogP contribution in [0.1, 0.15) is 12.1 Å². The van der Waals surface area contributed by atoms with Crippen molar-refractivity contribution in [2.24, 2.45) is 5.92 Å². The molecule has 1 fully saturated rings. The molecule has 88 valence electrons. The van der Waals surface area contributed by atoms with Gasteiger partial charge in [-0.2, -0.15) is 0 Å². The highest BCUT2D eigenvalue weighted by Crippen LogP contribution is 2.14. The summed E-state index contributed by atoms with van der Waals surface area (Å²) in [5.74, 6) is 0.453. The number of fused-ring (bicyclic) bond motifs is 1. The van der Waals surface area contributed by atoms with Crippen molar-refractivity contribution in [3.63, 3.8) is 0 Å². The molecular weight excluding hydrogens is 214 g/mol. The number of hydrogen-bond donors (Lipinski definition) is 1. The smallest absolute Gasteiger partial charge is 0.138 e. The van der Waals surface area contributed by atoms with Gasteiger partial charge in [-0.25, -0.2) is 4.98 Å². The fraction of sp³-hybridized carbons (Fsp3) is 0.385. The molecule has 0 spiro atoms. The second kappa shape index (κ2) is 4.30. The number of hydrogen-bond acceptors (Lipinski definition) is 3. The van der Waals surface area contributed by atoms with Gasteiger partial charge in [0.2, 0.25) is 0 Å². The summed E-state index contributed by atoms with van der Waals surface area (Å²) in [5.41, 5.74) is 1.94. The first-order valence-corrected chi connectivity index (χ1v) is 5.99. The summed E-state index contributed by atoms with van der Waals surface area (Å²) in [6, 6.07) is 5.93. The average molecular weight is 229 g/mol. The zero-order chi connectivity index (χ0) is 11.7. The molecule has 1 aliphatic heterocycles. The molecule has 1 aliphatic rings. The fourth-order valence-electron chi connectivity index (χ4n) is 2.33. The number of nitrogens with one attached hydrogen (secondary N) is 1. The van der Waals surface area contributed by atoms with Crippen molar-refractivity contribution in [1.29, 1.82) is 0 Å². The lowest BCUT2D eigenvalue weighted by molar-refractivity contribution is -0.123. The van der Waals surface area contributed by atoms with Crippen LogP contribution >= 0.6 is 0 Å². The van der Waals surface area contributed by atoms with Crippen LogP contribution in [0.5, 0.6) is 0 Å². The van der Waals surface area contributed by atoms with E-state index in [1.165, 1.54) is 0 Å². The Balaban J connectivity index is 1.82. The van der Waals surface area contributed by atoms with E-state index in [4.69, 9.17) is 0 Å². The van der Waals surface area contributed by atoms with Crippen LogP contribution in [-0.2, 0) is 11.2 Å². The molecule has 1 N–H and O–H groups in total. The molecule has 3 heterocycles. The van der Waals surface area contributed by atoms with Crippen LogP contribution in [0.2, 0.25) is 0 Å². The van der Waals surface area contributed by atoms with E-state index in [1.807, 2.05) is 35.0 Å². The molecular formula is C13H15N3O. The SMILES string of the molecule is O=C1CCNCC1Cc1cn2ccccc2n1. The predicted molar refractivity (Wildman–Crippen MR) is 64.9 cm³/mol. The molecule has 2 aromatic heterocycles. The van der Waals surface area contributed by atoms with Crippen LogP contribution in [0.25, 0.3) is 5.65 Å². The van der Waals surface area contributed by atoms with Crippen molar-refractivity contribution in [2.75, 3.05) is 13.1 Å². The normalized spacial score (nSPS) is 20.9. The summed E-state index contributed by atoms with van der Waals surface area (Å²) in [7, 11) is 0. The van der Waals surface area contributed by atoms with Crippen molar-refractivity contribution in [3.05, 3.63) is 36.3 Å². The van der Waals surface area contributed by atoms with Gasteiger partial charge in [0.1, 0.15) is 11.4 Å². The van der Waals surface area contributed by atoms with E-state index in [0.717, 1.165) is 30.9 Å². The summed E-state index contributed by atoms with van der Waals surface area (Å²) in [6.07, 6.45) is 5.38. The zero-order valence-electron chi connectivity index (χ0n) is 9.60. The largest absolute Gasteiger partial charge is 0.316 e. The number of carbonyl (C=O) groups is 1. The molecule has 1 atom stereocenters. The Morgan fingerprint density at radius 2 is 2.41 bits per heavy atom. The maximum Gasteiger partial charge on any atom is 0.138 e. The third-order valence-corrected chi connectivity index (χ3v) is 3.26. The van der Waals surface area contributed by atoms with Crippen LogP contribution in [0, 0.1) is 5.92 Å². The highest BCUT2D eigenvalue weighted by molar-refractivity contribution is 5.82. The number of imidazole rings is 1. The molecule has 0 aliphatic carbocycles. The van der Waals surface area contributed by atoms with E-state index in [9.17, 15) is 4.79 Å². The Kier molecular flexibility index (Phi) is 2.65. The highest BCUT2D eigenvalue weighted by atomic mass is 16.1. The van der Waals surface area contributed by atoms with Crippen LogP contribution in [0.4, 0.5) is 0 Å². The fourth-order valence-corrected chi connectivity index (χ4v) is 2.33. The minimum atomic E-state index is 0.0914. The van der Waals surface area contributed by atoms with Gasteiger partial charge in [-0.1, -0.05) is 6.07 Å². The average Bonchev–Trinajstić information content (AvgIpc) is 2.74. The van der Waals surface area contributed by atoms with Gasteiger partial charge in [-0.05, 0) is 12.1 Å². The highest BCUT2D eigenvalue weighted by Gasteiger charge is 2.22. The molecule has 0 amide bonds. The Morgan fingerprint density at radius 3 is 3.24 bits per heavy atom. The molecule has 0 aromatic carbocycles. The van der Waals surface area contributed by atoms with Gasteiger partial charge in [-0.3, -0.25) is 4.79 Å². The number of aromatic nitrogens is 2. The molecule has 1 saturated heterocycles. The standard InChI is InChI=1S/C13H15N3O/c17-12-4-5-14-8-10(12)7-11-9-16-6-2-1-3-13(16)15-11/h1-3,6,9-10,14H,4-5,7-8H2. The van der Waals surface area contributed by atoms with Crippen LogP contribution in [0.3, 0.4) is 0 Å². The van der Waals surface area contributed by atoms with Crippen molar-refractivity contribution >= 4 is 11.4 Å². The predicted octanol–water partition coefficient (Wildman–Crippen LogP) is 1.06. The molecule has 0 bridgehead atoms. The van der Waals surface area contributed by atoms with Gasteiger partial charge in [0.05, 0.1) is 5.69 Å². The second-order valence-electron chi connectivity index (χ2n) is 4.52. The lowest BCUT2D eigenvalue weighted by Gasteiger charge is -2.20. The summed E-state index contributed by atoms with van der Waals surface area (Å²) in [6.45, 7) is 1.60. The molecule has 1 unspecified atom stereocenters. The number of ketones is 1. The Hall–Kier alpha value is -1.68. The van der Waals surface area contributed by atoms with Crippen molar-refractivity contribution in [3.8, 4) is 0 Å². The Labute approximate surface area is 99.7 Å². The van der Waals surface area contributed by atoms with Gasteiger partial charge in [0.15, 0.2) is 0 Å². The molecule has 3 rings (SSSR count).